The van der Waals surface area contributed by atoms with Gasteiger partial charge < -0.3 is 20.7 Å². The van der Waals surface area contributed by atoms with Gasteiger partial charge in [0.1, 0.15) is 5.75 Å². The summed E-state index contributed by atoms with van der Waals surface area (Å²) in [7, 11) is 3.33. The minimum atomic E-state index is -0.105. The van der Waals surface area contributed by atoms with Crippen molar-refractivity contribution in [2.24, 2.45) is 4.99 Å². The van der Waals surface area contributed by atoms with Crippen LogP contribution in [0, 0.1) is 0 Å². The molecule has 166 valence electrons. The van der Waals surface area contributed by atoms with Crippen LogP contribution in [0.2, 0.25) is 0 Å². The van der Waals surface area contributed by atoms with Gasteiger partial charge >= 0.3 is 0 Å². The number of ether oxygens (including phenoxy) is 1. The molecule has 0 aliphatic rings. The van der Waals surface area contributed by atoms with Gasteiger partial charge in [0, 0.05) is 26.1 Å². The van der Waals surface area contributed by atoms with E-state index in [1.165, 1.54) is 11.1 Å². The van der Waals surface area contributed by atoms with Crippen LogP contribution in [0.5, 0.6) is 5.75 Å². The summed E-state index contributed by atoms with van der Waals surface area (Å²) in [6.07, 6.45) is 0. The number of hydrogen-bond acceptors (Lipinski definition) is 3. The Labute approximate surface area is 189 Å². The highest BCUT2D eigenvalue weighted by molar-refractivity contribution is 5.86. The van der Waals surface area contributed by atoms with Crippen molar-refractivity contribution in [2.75, 3.05) is 27.2 Å². The second-order valence-corrected chi connectivity index (χ2v) is 7.31. The zero-order chi connectivity index (χ0) is 22.6. The smallest absolute Gasteiger partial charge is 0.239 e. The monoisotopic (exact) mass is 430 g/mol. The fourth-order valence-electron chi connectivity index (χ4n) is 3.39. The fraction of sp³-hybridized carbons (Fsp3) is 0.231. The Hall–Kier alpha value is -3.80. The first-order valence-electron chi connectivity index (χ1n) is 10.6. The van der Waals surface area contributed by atoms with E-state index in [0.29, 0.717) is 19.0 Å². The Kier molecular flexibility index (Phi) is 8.69. The third-order valence-corrected chi connectivity index (χ3v) is 5.17. The topological polar surface area (TPSA) is 74.8 Å². The first-order valence-corrected chi connectivity index (χ1v) is 10.6. The molecule has 6 nitrogen and oxygen atoms in total. The van der Waals surface area contributed by atoms with Crippen LogP contribution in [0.1, 0.15) is 22.6 Å². The largest absolute Gasteiger partial charge is 0.497 e. The number of amides is 1. The maximum atomic E-state index is 12.3. The van der Waals surface area contributed by atoms with E-state index in [9.17, 15) is 4.79 Å². The summed E-state index contributed by atoms with van der Waals surface area (Å²) < 4.78 is 5.15. The Morgan fingerprint density at radius 1 is 0.844 bits per heavy atom. The molecule has 0 bridgehead atoms. The molecule has 0 aliphatic heterocycles. The lowest BCUT2D eigenvalue weighted by atomic mass is 9.91. The number of guanidine groups is 1. The molecular formula is C26H30N4O2. The molecule has 0 fully saturated rings. The minimum Gasteiger partial charge on any atom is -0.497 e. The van der Waals surface area contributed by atoms with Gasteiger partial charge in [-0.3, -0.25) is 9.79 Å². The quantitative estimate of drug-likeness (QED) is 0.360. The number of methoxy groups -OCH3 is 1. The van der Waals surface area contributed by atoms with Gasteiger partial charge in [0.05, 0.1) is 13.7 Å². The minimum absolute atomic E-state index is 0.105. The second kappa shape index (κ2) is 12.2. The van der Waals surface area contributed by atoms with Crippen LogP contribution >= 0.6 is 0 Å². The lowest BCUT2D eigenvalue weighted by molar-refractivity contribution is -0.120. The number of carbonyl (C=O) groups excluding carboxylic acids is 1. The molecule has 0 radical (unpaired) electrons. The Morgan fingerprint density at radius 3 is 1.97 bits per heavy atom. The molecule has 0 saturated carbocycles. The van der Waals surface area contributed by atoms with Gasteiger partial charge in [-0.2, -0.15) is 0 Å². The zero-order valence-electron chi connectivity index (χ0n) is 18.5. The second-order valence-electron chi connectivity index (χ2n) is 7.31. The van der Waals surface area contributed by atoms with Crippen molar-refractivity contribution in [1.82, 2.24) is 16.0 Å². The van der Waals surface area contributed by atoms with E-state index in [4.69, 9.17) is 4.74 Å². The highest BCUT2D eigenvalue weighted by atomic mass is 16.5. The number of nitrogens with zero attached hydrogens (tertiary/aromatic N) is 1. The third-order valence-electron chi connectivity index (χ3n) is 5.17. The van der Waals surface area contributed by atoms with Crippen molar-refractivity contribution in [3.63, 3.8) is 0 Å². The molecule has 0 aromatic heterocycles. The number of benzene rings is 3. The van der Waals surface area contributed by atoms with E-state index in [-0.39, 0.29) is 18.4 Å². The van der Waals surface area contributed by atoms with E-state index in [1.54, 1.807) is 14.2 Å². The van der Waals surface area contributed by atoms with E-state index < -0.39 is 0 Å². The van der Waals surface area contributed by atoms with Gasteiger partial charge in [0.25, 0.3) is 0 Å². The van der Waals surface area contributed by atoms with Crippen molar-refractivity contribution in [2.45, 2.75) is 12.5 Å². The summed E-state index contributed by atoms with van der Waals surface area (Å²) in [5.41, 5.74) is 3.45. The summed E-state index contributed by atoms with van der Waals surface area (Å²) in [5, 5.41) is 9.35. The number of hydrogen-bond donors (Lipinski definition) is 3. The van der Waals surface area contributed by atoms with Crippen LogP contribution in [0.3, 0.4) is 0 Å². The van der Waals surface area contributed by atoms with Gasteiger partial charge in [-0.25, -0.2) is 0 Å². The van der Waals surface area contributed by atoms with E-state index in [1.807, 2.05) is 60.7 Å². The van der Waals surface area contributed by atoms with Crippen molar-refractivity contribution in [3.8, 4) is 5.75 Å². The average molecular weight is 431 g/mol. The Morgan fingerprint density at radius 2 is 1.44 bits per heavy atom. The van der Waals surface area contributed by atoms with Gasteiger partial charge in [0.15, 0.2) is 5.96 Å². The summed E-state index contributed by atoms with van der Waals surface area (Å²) >= 11 is 0. The first kappa shape index (κ1) is 22.9. The molecule has 3 aromatic rings. The van der Waals surface area contributed by atoms with Crippen molar-refractivity contribution < 1.29 is 9.53 Å². The summed E-state index contributed by atoms with van der Waals surface area (Å²) in [6.45, 7) is 1.25. The van der Waals surface area contributed by atoms with Gasteiger partial charge in [0.2, 0.25) is 5.91 Å². The summed E-state index contributed by atoms with van der Waals surface area (Å²) in [6, 6.07) is 28.3. The number of rotatable bonds is 9. The molecule has 3 aromatic carbocycles. The van der Waals surface area contributed by atoms with Crippen LogP contribution in [-0.2, 0) is 11.3 Å². The van der Waals surface area contributed by atoms with Gasteiger partial charge in [-0.15, -0.1) is 0 Å². The van der Waals surface area contributed by atoms with Crippen LogP contribution in [0.4, 0.5) is 0 Å². The number of nitrogens with one attached hydrogen (secondary N) is 3. The van der Waals surface area contributed by atoms with Crippen LogP contribution in [0.15, 0.2) is 89.9 Å². The maximum absolute atomic E-state index is 12.3. The molecule has 0 aliphatic carbocycles. The van der Waals surface area contributed by atoms with E-state index >= 15 is 0 Å². The standard InChI is InChI=1S/C26H30N4O2/c1-27-26(30-19-25(31)28-17-20-13-15-23(32-2)16-14-20)29-18-24(21-9-5-3-6-10-21)22-11-7-4-8-12-22/h3-16,24H,17-19H2,1-2H3,(H,28,31)(H2,27,29,30). The molecule has 0 unspecified atom stereocenters. The Bertz CT molecular complexity index is 950. The van der Waals surface area contributed by atoms with Crippen LogP contribution in [-0.4, -0.2) is 39.1 Å². The molecule has 1 amide bonds. The average Bonchev–Trinajstić information content (AvgIpc) is 2.86. The molecule has 32 heavy (non-hydrogen) atoms. The molecule has 6 heteroatoms. The van der Waals surface area contributed by atoms with E-state index in [0.717, 1.165) is 11.3 Å². The predicted octanol–water partition coefficient (Wildman–Crippen LogP) is 3.31. The highest BCUT2D eigenvalue weighted by Crippen LogP contribution is 2.23. The molecule has 0 spiro atoms. The van der Waals surface area contributed by atoms with Crippen LogP contribution < -0.4 is 20.7 Å². The summed E-state index contributed by atoms with van der Waals surface area (Å²) in [5.74, 6) is 1.44. The molecule has 3 rings (SSSR count). The number of aliphatic imine (C=N–C) groups is 1. The Balaban J connectivity index is 1.51. The highest BCUT2D eigenvalue weighted by Gasteiger charge is 2.14. The molecule has 0 saturated heterocycles. The molecular weight excluding hydrogens is 400 g/mol. The first-order chi connectivity index (χ1) is 15.7. The molecule has 0 atom stereocenters. The normalized spacial score (nSPS) is 11.2. The van der Waals surface area contributed by atoms with Gasteiger partial charge in [-0.1, -0.05) is 72.8 Å². The summed E-state index contributed by atoms with van der Waals surface area (Å²) in [4.78, 5) is 16.5. The predicted molar refractivity (Wildman–Crippen MR) is 129 cm³/mol. The van der Waals surface area contributed by atoms with Crippen molar-refractivity contribution in [3.05, 3.63) is 102 Å². The van der Waals surface area contributed by atoms with Crippen molar-refractivity contribution in [1.29, 1.82) is 0 Å². The van der Waals surface area contributed by atoms with E-state index in [2.05, 4.69) is 45.2 Å². The fourth-order valence-corrected chi connectivity index (χ4v) is 3.39. The SMILES string of the molecule is CN=C(NCC(=O)NCc1ccc(OC)cc1)NCC(c1ccccc1)c1ccccc1. The zero-order valence-corrected chi connectivity index (χ0v) is 18.5. The maximum Gasteiger partial charge on any atom is 0.239 e. The number of carbonyl (C=O) groups is 1. The third kappa shape index (κ3) is 6.87. The van der Waals surface area contributed by atoms with Crippen LogP contribution in [0.25, 0.3) is 0 Å². The van der Waals surface area contributed by atoms with Crippen molar-refractivity contribution >= 4 is 11.9 Å². The molecule has 3 N–H and O–H groups in total. The lowest BCUT2D eigenvalue weighted by Crippen LogP contribution is -2.44. The van der Waals surface area contributed by atoms with Gasteiger partial charge in [-0.05, 0) is 28.8 Å². The molecule has 0 heterocycles. The lowest BCUT2D eigenvalue weighted by Gasteiger charge is -2.20.